The van der Waals surface area contributed by atoms with Crippen molar-refractivity contribution in [3.05, 3.63) is 23.5 Å². The van der Waals surface area contributed by atoms with E-state index >= 15 is 0 Å². The summed E-state index contributed by atoms with van der Waals surface area (Å²) in [5.41, 5.74) is 0. The Morgan fingerprint density at radius 3 is 2.70 bits per heavy atom. The van der Waals surface area contributed by atoms with Crippen molar-refractivity contribution in [1.82, 2.24) is 4.98 Å². The van der Waals surface area contributed by atoms with Gasteiger partial charge in [-0.2, -0.15) is 0 Å². The molecule has 0 radical (unpaired) electrons. The molecule has 0 saturated carbocycles. The van der Waals surface area contributed by atoms with Crippen LogP contribution in [0.1, 0.15) is 0 Å². The summed E-state index contributed by atoms with van der Waals surface area (Å²) in [5, 5.41) is 0.286. The zero-order valence-electron chi connectivity index (χ0n) is 4.78. The molecule has 10 heavy (non-hydrogen) atoms. The average Bonchev–Trinajstić information content (AvgIpc) is 1.88. The lowest BCUT2D eigenvalue weighted by Gasteiger charge is -2.02. The second kappa shape index (κ2) is 3.09. The third-order valence-electron chi connectivity index (χ3n) is 0.893. The summed E-state index contributed by atoms with van der Waals surface area (Å²) in [6.45, 7) is 0. The third kappa shape index (κ3) is 1.76. The van der Waals surface area contributed by atoms with Gasteiger partial charge >= 0.3 is 0 Å². The number of nitrogens with zero attached hydrogens (tertiary/aromatic N) is 1. The van der Waals surface area contributed by atoms with Gasteiger partial charge in [0.05, 0.1) is 0 Å². The highest BCUT2D eigenvalue weighted by Crippen LogP contribution is 2.06. The molecular formula is C5H3ClNO2S-. The van der Waals surface area contributed by atoms with Crippen molar-refractivity contribution >= 4 is 22.7 Å². The quantitative estimate of drug-likeness (QED) is 0.473. The highest BCUT2D eigenvalue weighted by Gasteiger charge is 1.91. The average molecular weight is 177 g/mol. The van der Waals surface area contributed by atoms with E-state index in [1.807, 2.05) is 0 Å². The molecule has 0 fully saturated rings. The largest absolute Gasteiger partial charge is 0.768 e. The van der Waals surface area contributed by atoms with Gasteiger partial charge < -0.3 is 4.55 Å². The number of rotatable bonds is 1. The van der Waals surface area contributed by atoms with E-state index in [-0.39, 0.29) is 10.0 Å². The van der Waals surface area contributed by atoms with Gasteiger partial charge in [0.25, 0.3) is 0 Å². The smallest absolute Gasteiger partial charge is 0.129 e. The van der Waals surface area contributed by atoms with Crippen molar-refractivity contribution in [2.24, 2.45) is 0 Å². The van der Waals surface area contributed by atoms with Crippen LogP contribution in [0.4, 0.5) is 0 Å². The predicted octanol–water partition coefficient (Wildman–Crippen LogP) is 0.973. The number of pyridine rings is 1. The predicted molar refractivity (Wildman–Crippen MR) is 36.4 cm³/mol. The first-order valence-corrected chi connectivity index (χ1v) is 3.86. The lowest BCUT2D eigenvalue weighted by atomic mass is 10.5. The summed E-state index contributed by atoms with van der Waals surface area (Å²) < 4.78 is 20.5. The molecule has 1 atom stereocenters. The van der Waals surface area contributed by atoms with Crippen LogP contribution in [0.25, 0.3) is 0 Å². The third-order valence-corrected chi connectivity index (χ3v) is 1.74. The molecule has 0 N–H and O–H groups in total. The molecule has 1 unspecified atom stereocenters. The zero-order valence-corrected chi connectivity index (χ0v) is 6.35. The molecular weight excluding hydrogens is 174 g/mol. The Kier molecular flexibility index (Phi) is 2.37. The molecule has 0 aliphatic heterocycles. The summed E-state index contributed by atoms with van der Waals surface area (Å²) in [5.74, 6) is 0. The number of aromatic nitrogens is 1. The minimum absolute atomic E-state index is 0.143. The normalized spacial score (nSPS) is 13.0. The van der Waals surface area contributed by atoms with Gasteiger partial charge in [0.15, 0.2) is 0 Å². The van der Waals surface area contributed by atoms with E-state index in [9.17, 15) is 8.76 Å². The first kappa shape index (κ1) is 7.65. The lowest BCUT2D eigenvalue weighted by molar-refractivity contribution is 0.536. The summed E-state index contributed by atoms with van der Waals surface area (Å²) in [7, 11) is 0. The molecule has 0 amide bonds. The molecule has 0 saturated heterocycles. The Bertz CT molecular complexity index is 248. The van der Waals surface area contributed by atoms with Crippen LogP contribution in [0.5, 0.6) is 0 Å². The molecule has 3 nitrogen and oxygen atoms in total. The van der Waals surface area contributed by atoms with Crippen molar-refractivity contribution in [2.45, 2.75) is 4.90 Å². The van der Waals surface area contributed by atoms with E-state index in [1.54, 1.807) is 0 Å². The maximum atomic E-state index is 10.2. The maximum Gasteiger partial charge on any atom is 0.129 e. The number of hydrogen-bond donors (Lipinski definition) is 0. The van der Waals surface area contributed by atoms with E-state index in [2.05, 4.69) is 4.98 Å². The highest BCUT2D eigenvalue weighted by molar-refractivity contribution is 7.79. The summed E-state index contributed by atoms with van der Waals surface area (Å²) in [6, 6.07) is 2.81. The van der Waals surface area contributed by atoms with Crippen molar-refractivity contribution in [3.63, 3.8) is 0 Å². The molecule has 0 spiro atoms. The van der Waals surface area contributed by atoms with Crippen LogP contribution >= 0.6 is 11.6 Å². The Morgan fingerprint density at radius 1 is 1.60 bits per heavy atom. The summed E-state index contributed by atoms with van der Waals surface area (Å²) in [6.07, 6.45) is 1.20. The lowest BCUT2D eigenvalue weighted by Crippen LogP contribution is -1.88. The second-order valence-corrected chi connectivity index (χ2v) is 2.88. The molecule has 1 aromatic heterocycles. The molecule has 54 valence electrons. The van der Waals surface area contributed by atoms with Gasteiger partial charge in [-0.25, -0.2) is 4.98 Å². The Morgan fingerprint density at radius 2 is 2.30 bits per heavy atom. The van der Waals surface area contributed by atoms with Crippen molar-refractivity contribution < 1.29 is 8.76 Å². The van der Waals surface area contributed by atoms with Crippen molar-refractivity contribution in [1.29, 1.82) is 0 Å². The standard InChI is InChI=1S/C5H4ClNO2S/c6-5-2-1-4(3-7-5)10(8)9/h1-3H,(H,8,9)/p-1. The second-order valence-electron chi connectivity index (χ2n) is 1.55. The topological polar surface area (TPSA) is 53.0 Å². The molecule has 1 aromatic rings. The first-order valence-electron chi connectivity index (χ1n) is 2.41. The number of halogens is 1. The van der Waals surface area contributed by atoms with Gasteiger partial charge in [0, 0.05) is 11.1 Å². The van der Waals surface area contributed by atoms with Crippen LogP contribution in [0.2, 0.25) is 5.15 Å². The minimum atomic E-state index is -2.21. The fraction of sp³-hybridized carbons (Fsp3) is 0. The molecule has 0 aliphatic carbocycles. The van der Waals surface area contributed by atoms with E-state index in [0.29, 0.717) is 0 Å². The fourth-order valence-electron chi connectivity index (χ4n) is 0.461. The van der Waals surface area contributed by atoms with Gasteiger partial charge in [-0.15, -0.1) is 0 Å². The van der Waals surface area contributed by atoms with Crippen molar-refractivity contribution in [2.75, 3.05) is 0 Å². The molecule has 0 aliphatic rings. The van der Waals surface area contributed by atoms with E-state index < -0.39 is 11.1 Å². The molecule has 1 heterocycles. The van der Waals surface area contributed by atoms with Crippen LogP contribution < -0.4 is 0 Å². The van der Waals surface area contributed by atoms with E-state index in [4.69, 9.17) is 11.6 Å². The maximum absolute atomic E-state index is 10.2. The molecule has 0 bridgehead atoms. The van der Waals surface area contributed by atoms with Crippen LogP contribution in [-0.4, -0.2) is 13.7 Å². The first-order chi connectivity index (χ1) is 4.70. The fourth-order valence-corrected chi connectivity index (χ4v) is 0.891. The van der Waals surface area contributed by atoms with Gasteiger partial charge in [-0.3, -0.25) is 4.21 Å². The monoisotopic (exact) mass is 176 g/mol. The van der Waals surface area contributed by atoms with Crippen LogP contribution in [0, 0.1) is 0 Å². The summed E-state index contributed by atoms with van der Waals surface area (Å²) >= 11 is 3.20. The van der Waals surface area contributed by atoms with Gasteiger partial charge in [0.1, 0.15) is 5.15 Å². The van der Waals surface area contributed by atoms with E-state index in [0.717, 1.165) is 0 Å². The Balaban J connectivity index is 3.00. The molecule has 1 rings (SSSR count). The highest BCUT2D eigenvalue weighted by atomic mass is 35.5. The number of hydrogen-bond acceptors (Lipinski definition) is 3. The minimum Gasteiger partial charge on any atom is -0.768 e. The SMILES string of the molecule is O=S([O-])c1ccc(Cl)nc1. The molecule has 5 heteroatoms. The zero-order chi connectivity index (χ0) is 7.56. The van der Waals surface area contributed by atoms with E-state index in [1.165, 1.54) is 18.3 Å². The Hall–Kier alpha value is -0.450. The van der Waals surface area contributed by atoms with Gasteiger partial charge in [0.2, 0.25) is 0 Å². The van der Waals surface area contributed by atoms with Gasteiger partial charge in [-0.05, 0) is 23.2 Å². The van der Waals surface area contributed by atoms with Gasteiger partial charge in [-0.1, -0.05) is 11.6 Å². The molecule has 0 aromatic carbocycles. The van der Waals surface area contributed by atoms with Crippen molar-refractivity contribution in [3.8, 4) is 0 Å². The van der Waals surface area contributed by atoms with Crippen LogP contribution in [0.15, 0.2) is 23.2 Å². The Labute approximate surface area is 65.3 Å². The van der Waals surface area contributed by atoms with Crippen LogP contribution in [-0.2, 0) is 11.1 Å². The van der Waals surface area contributed by atoms with Crippen LogP contribution in [0.3, 0.4) is 0 Å². The summed E-state index contributed by atoms with van der Waals surface area (Å²) in [4.78, 5) is 3.72.